The number of allylic oxidation sites excluding steroid dienone is 6. The minimum absolute atomic E-state index is 0.0169. The van der Waals surface area contributed by atoms with Crippen LogP contribution in [0.2, 0.25) is 0 Å². The summed E-state index contributed by atoms with van der Waals surface area (Å²) in [6.07, 6.45) is 3.56. The van der Waals surface area contributed by atoms with Crippen molar-refractivity contribution in [3.05, 3.63) is 58.2 Å². The second kappa shape index (κ2) is 9.14. The van der Waals surface area contributed by atoms with E-state index in [1.165, 1.54) is 19.3 Å². The van der Waals surface area contributed by atoms with Crippen LogP contribution in [0.25, 0.3) is 0 Å². The topological polar surface area (TPSA) is 138 Å². The average molecular weight is 506 g/mol. The molecule has 4 atom stereocenters. The SMILES string of the molecule is COc1cccc(O)c1C1C2=CCC3C(=O)N(CCCC(=O)O)C(=O)C3C2CC2=C1C(=O)C(C)=CC2=O. The summed E-state index contributed by atoms with van der Waals surface area (Å²) in [5.74, 6) is -4.79. The first-order valence-corrected chi connectivity index (χ1v) is 12.3. The molecule has 2 amide bonds. The van der Waals surface area contributed by atoms with Gasteiger partial charge in [-0.1, -0.05) is 17.7 Å². The van der Waals surface area contributed by atoms with Crippen molar-refractivity contribution in [2.24, 2.45) is 17.8 Å². The maximum Gasteiger partial charge on any atom is 0.303 e. The molecule has 0 spiro atoms. The lowest BCUT2D eigenvalue weighted by Gasteiger charge is -2.42. The van der Waals surface area contributed by atoms with Gasteiger partial charge in [-0.2, -0.15) is 0 Å². The van der Waals surface area contributed by atoms with Gasteiger partial charge in [-0.15, -0.1) is 0 Å². The van der Waals surface area contributed by atoms with Gasteiger partial charge in [0.15, 0.2) is 11.6 Å². The normalized spacial score (nSPS) is 26.9. The van der Waals surface area contributed by atoms with Crippen LogP contribution in [0.4, 0.5) is 0 Å². The molecule has 1 heterocycles. The van der Waals surface area contributed by atoms with Crippen molar-refractivity contribution in [3.63, 3.8) is 0 Å². The molecule has 9 heteroatoms. The van der Waals surface area contributed by atoms with E-state index in [0.717, 1.165) is 4.90 Å². The van der Waals surface area contributed by atoms with Crippen molar-refractivity contribution in [1.82, 2.24) is 4.90 Å². The average Bonchev–Trinajstić information content (AvgIpc) is 3.11. The molecule has 192 valence electrons. The summed E-state index contributed by atoms with van der Waals surface area (Å²) < 4.78 is 5.54. The van der Waals surface area contributed by atoms with E-state index in [1.807, 2.05) is 6.08 Å². The standard InChI is InChI=1S/C28H27NO8/c1-13-11-19(31)17-12-16-14(23(24(17)26(13)34)25-18(30)5-3-6-20(25)37-2)8-9-15-22(16)28(36)29(27(15)35)10-4-7-21(32)33/h3,5-6,8,11,15-16,22-23,30H,4,7,9-10,12H2,1-2H3,(H,32,33). The third-order valence-electron chi connectivity index (χ3n) is 7.98. The molecule has 5 rings (SSSR count). The first-order chi connectivity index (χ1) is 17.6. The summed E-state index contributed by atoms with van der Waals surface area (Å²) in [4.78, 5) is 65.4. The van der Waals surface area contributed by atoms with Gasteiger partial charge < -0.3 is 14.9 Å². The number of imide groups is 1. The number of hydrogen-bond acceptors (Lipinski definition) is 7. The smallest absolute Gasteiger partial charge is 0.303 e. The maximum absolute atomic E-state index is 13.5. The molecular formula is C28H27NO8. The molecule has 37 heavy (non-hydrogen) atoms. The minimum atomic E-state index is -1.00. The predicted octanol–water partition coefficient (Wildman–Crippen LogP) is 2.70. The Bertz CT molecular complexity index is 1350. The lowest BCUT2D eigenvalue weighted by atomic mass is 9.59. The van der Waals surface area contributed by atoms with Gasteiger partial charge in [0.2, 0.25) is 11.8 Å². The molecule has 0 aromatic heterocycles. The molecule has 1 aliphatic heterocycles. The van der Waals surface area contributed by atoms with E-state index >= 15 is 0 Å². The Labute approximate surface area is 213 Å². The second-order valence-electron chi connectivity index (χ2n) is 9.95. The van der Waals surface area contributed by atoms with Crippen molar-refractivity contribution in [2.45, 2.75) is 38.5 Å². The Hall–Kier alpha value is -4.01. The highest BCUT2D eigenvalue weighted by atomic mass is 16.5. The van der Waals surface area contributed by atoms with E-state index in [2.05, 4.69) is 0 Å². The van der Waals surface area contributed by atoms with Gasteiger partial charge in [0, 0.05) is 41.2 Å². The number of phenolic OH excluding ortho intramolecular Hbond substituents is 1. The van der Waals surface area contributed by atoms with Crippen LogP contribution in [0, 0.1) is 17.8 Å². The molecule has 9 nitrogen and oxygen atoms in total. The highest BCUT2D eigenvalue weighted by Crippen LogP contribution is 2.57. The van der Waals surface area contributed by atoms with Crippen LogP contribution >= 0.6 is 0 Å². The number of hydrogen-bond donors (Lipinski definition) is 2. The monoisotopic (exact) mass is 505 g/mol. The van der Waals surface area contributed by atoms with Gasteiger partial charge in [0.1, 0.15) is 11.5 Å². The largest absolute Gasteiger partial charge is 0.507 e. The van der Waals surface area contributed by atoms with Crippen LogP contribution in [-0.2, 0) is 24.0 Å². The zero-order valence-electron chi connectivity index (χ0n) is 20.5. The molecule has 1 saturated heterocycles. The molecule has 0 bridgehead atoms. The summed E-state index contributed by atoms with van der Waals surface area (Å²) in [7, 11) is 1.45. The fourth-order valence-electron chi connectivity index (χ4n) is 6.37. The summed E-state index contributed by atoms with van der Waals surface area (Å²) in [5.41, 5.74) is 1.92. The lowest BCUT2D eigenvalue weighted by molar-refractivity contribution is -0.142. The van der Waals surface area contributed by atoms with Crippen molar-refractivity contribution < 1.29 is 38.9 Å². The van der Waals surface area contributed by atoms with E-state index in [1.54, 1.807) is 19.1 Å². The van der Waals surface area contributed by atoms with Gasteiger partial charge in [-0.3, -0.25) is 28.9 Å². The van der Waals surface area contributed by atoms with Crippen LogP contribution in [-0.4, -0.2) is 58.1 Å². The number of likely N-dealkylation sites (tertiary alicyclic amines) is 1. The zero-order valence-corrected chi connectivity index (χ0v) is 20.5. The Balaban J connectivity index is 1.62. The summed E-state index contributed by atoms with van der Waals surface area (Å²) in [6.45, 7) is 1.59. The van der Waals surface area contributed by atoms with E-state index in [-0.39, 0.29) is 66.9 Å². The Kier molecular flexibility index (Phi) is 6.09. The molecule has 1 fully saturated rings. The van der Waals surface area contributed by atoms with Gasteiger partial charge in [-0.25, -0.2) is 0 Å². The van der Waals surface area contributed by atoms with Gasteiger partial charge >= 0.3 is 5.97 Å². The third-order valence-corrected chi connectivity index (χ3v) is 7.98. The number of Topliss-reactive ketones (excluding diaryl/α,β-unsaturated/α-hetero) is 1. The van der Waals surface area contributed by atoms with E-state index in [9.17, 15) is 29.1 Å². The molecule has 0 radical (unpaired) electrons. The number of amides is 2. The molecule has 4 unspecified atom stereocenters. The van der Waals surface area contributed by atoms with Crippen LogP contribution in [0.15, 0.2) is 52.6 Å². The first-order valence-electron chi connectivity index (χ1n) is 12.3. The summed E-state index contributed by atoms with van der Waals surface area (Å²) >= 11 is 0. The highest BCUT2D eigenvalue weighted by molar-refractivity contribution is 6.24. The van der Waals surface area contributed by atoms with Crippen molar-refractivity contribution in [1.29, 1.82) is 0 Å². The van der Waals surface area contributed by atoms with E-state index in [0.29, 0.717) is 28.0 Å². The predicted molar refractivity (Wildman–Crippen MR) is 130 cm³/mol. The lowest BCUT2D eigenvalue weighted by Crippen LogP contribution is -2.40. The number of aliphatic carboxylic acids is 1. The fraction of sp³-hybridized carbons (Fsp3) is 0.393. The highest BCUT2D eigenvalue weighted by Gasteiger charge is 2.56. The Morgan fingerprint density at radius 3 is 2.59 bits per heavy atom. The molecule has 1 aromatic carbocycles. The number of methoxy groups -OCH3 is 1. The number of carbonyl (C=O) groups is 5. The quantitative estimate of drug-likeness (QED) is 0.342. The number of nitrogens with zero attached hydrogens (tertiary/aromatic N) is 1. The molecule has 0 saturated carbocycles. The number of phenols is 1. The summed E-state index contributed by atoms with van der Waals surface area (Å²) in [6, 6.07) is 4.77. The molecule has 1 aromatic rings. The molecule has 2 N–H and O–H groups in total. The number of carbonyl (C=O) groups excluding carboxylic acids is 4. The summed E-state index contributed by atoms with van der Waals surface area (Å²) in [5, 5.41) is 19.9. The number of ketones is 2. The van der Waals surface area contributed by atoms with Crippen LogP contribution in [0.1, 0.15) is 44.1 Å². The van der Waals surface area contributed by atoms with Crippen LogP contribution in [0.5, 0.6) is 11.5 Å². The van der Waals surface area contributed by atoms with Crippen molar-refractivity contribution >= 4 is 29.4 Å². The Morgan fingerprint density at radius 2 is 1.89 bits per heavy atom. The van der Waals surface area contributed by atoms with E-state index in [4.69, 9.17) is 9.84 Å². The number of rotatable bonds is 6. The van der Waals surface area contributed by atoms with Crippen molar-refractivity contribution in [3.8, 4) is 11.5 Å². The maximum atomic E-state index is 13.5. The molecular weight excluding hydrogens is 478 g/mol. The molecule has 3 aliphatic carbocycles. The number of ether oxygens (including phenoxy) is 1. The number of aromatic hydroxyl groups is 1. The number of fused-ring (bicyclic) bond motifs is 3. The van der Waals surface area contributed by atoms with E-state index < -0.39 is 29.6 Å². The number of benzene rings is 1. The minimum Gasteiger partial charge on any atom is -0.507 e. The third kappa shape index (κ3) is 3.80. The second-order valence-corrected chi connectivity index (χ2v) is 9.95. The van der Waals surface area contributed by atoms with Crippen LogP contribution in [0.3, 0.4) is 0 Å². The van der Waals surface area contributed by atoms with Crippen LogP contribution < -0.4 is 4.74 Å². The number of carboxylic acids is 1. The van der Waals surface area contributed by atoms with Gasteiger partial charge in [0.05, 0.1) is 18.9 Å². The van der Waals surface area contributed by atoms with Crippen molar-refractivity contribution in [2.75, 3.05) is 13.7 Å². The molecule has 4 aliphatic rings. The first kappa shape index (κ1) is 24.7. The Morgan fingerprint density at radius 1 is 1.14 bits per heavy atom. The van der Waals surface area contributed by atoms with Gasteiger partial charge in [0.25, 0.3) is 0 Å². The number of carboxylic acid groups (broad SMARTS) is 1. The fourth-order valence-corrected chi connectivity index (χ4v) is 6.37. The van der Waals surface area contributed by atoms with Gasteiger partial charge in [-0.05, 0) is 50.3 Å². The zero-order chi connectivity index (χ0) is 26.6.